The highest BCUT2D eigenvalue weighted by molar-refractivity contribution is 7.08. The fourth-order valence-electron chi connectivity index (χ4n) is 1.31. The lowest BCUT2D eigenvalue weighted by molar-refractivity contribution is 0.103. The predicted molar refractivity (Wildman–Crippen MR) is 68.8 cm³/mol. The SMILES string of the molecule is Cc1nnsc1C(=O)Nc1cc(C#N)ccc1Cl. The zero-order chi connectivity index (χ0) is 13.1. The van der Waals surface area contributed by atoms with E-state index in [2.05, 4.69) is 14.9 Å². The third kappa shape index (κ3) is 2.47. The normalized spacial score (nSPS) is 9.83. The second-order valence-electron chi connectivity index (χ2n) is 3.45. The van der Waals surface area contributed by atoms with Crippen molar-refractivity contribution in [2.75, 3.05) is 5.32 Å². The lowest BCUT2D eigenvalue weighted by Gasteiger charge is -2.06. The van der Waals surface area contributed by atoms with Gasteiger partial charge in [0, 0.05) is 0 Å². The molecule has 2 rings (SSSR count). The summed E-state index contributed by atoms with van der Waals surface area (Å²) in [6.45, 7) is 1.70. The summed E-state index contributed by atoms with van der Waals surface area (Å²) in [6.07, 6.45) is 0. The fourth-order valence-corrected chi connectivity index (χ4v) is 2.03. The third-order valence-corrected chi connectivity index (χ3v) is 3.36. The molecule has 0 atom stereocenters. The number of nitrogens with zero attached hydrogens (tertiary/aromatic N) is 3. The van der Waals surface area contributed by atoms with E-state index in [4.69, 9.17) is 16.9 Å². The molecule has 0 fully saturated rings. The molecule has 90 valence electrons. The van der Waals surface area contributed by atoms with Crippen molar-refractivity contribution < 1.29 is 4.79 Å². The van der Waals surface area contributed by atoms with Crippen molar-refractivity contribution in [2.45, 2.75) is 6.92 Å². The fraction of sp³-hybridized carbons (Fsp3) is 0.0909. The average molecular weight is 279 g/mol. The van der Waals surface area contributed by atoms with Crippen molar-refractivity contribution >= 4 is 34.7 Å². The first kappa shape index (κ1) is 12.5. The number of aryl methyl sites for hydroxylation is 1. The molecule has 1 aromatic heterocycles. The van der Waals surface area contributed by atoms with Crippen LogP contribution in [0.25, 0.3) is 0 Å². The van der Waals surface area contributed by atoms with Crippen molar-refractivity contribution in [3.8, 4) is 6.07 Å². The van der Waals surface area contributed by atoms with Crippen LogP contribution in [0.3, 0.4) is 0 Å². The van der Waals surface area contributed by atoms with Gasteiger partial charge >= 0.3 is 0 Å². The van der Waals surface area contributed by atoms with Gasteiger partial charge in [-0.1, -0.05) is 16.1 Å². The molecular formula is C11H7ClN4OS. The van der Waals surface area contributed by atoms with Gasteiger partial charge in [-0.25, -0.2) is 0 Å². The van der Waals surface area contributed by atoms with Crippen LogP contribution in [0.15, 0.2) is 18.2 Å². The van der Waals surface area contributed by atoms with Gasteiger partial charge in [0.05, 0.1) is 28.0 Å². The largest absolute Gasteiger partial charge is 0.320 e. The summed E-state index contributed by atoms with van der Waals surface area (Å²) in [6, 6.07) is 6.64. The van der Waals surface area contributed by atoms with Crippen LogP contribution in [-0.4, -0.2) is 15.5 Å². The zero-order valence-corrected chi connectivity index (χ0v) is 10.8. The van der Waals surface area contributed by atoms with E-state index in [1.165, 1.54) is 6.07 Å². The second-order valence-corrected chi connectivity index (χ2v) is 4.61. The van der Waals surface area contributed by atoms with E-state index in [-0.39, 0.29) is 5.91 Å². The van der Waals surface area contributed by atoms with E-state index in [0.29, 0.717) is 26.8 Å². The number of hydrogen-bond donors (Lipinski definition) is 1. The van der Waals surface area contributed by atoms with E-state index in [1.54, 1.807) is 19.1 Å². The monoisotopic (exact) mass is 278 g/mol. The lowest BCUT2D eigenvalue weighted by Crippen LogP contribution is -2.12. The second kappa shape index (κ2) is 5.12. The Morgan fingerprint density at radius 1 is 1.56 bits per heavy atom. The number of aromatic nitrogens is 2. The van der Waals surface area contributed by atoms with Crippen LogP contribution in [0.1, 0.15) is 20.9 Å². The molecule has 1 N–H and O–H groups in total. The highest BCUT2D eigenvalue weighted by atomic mass is 35.5. The quantitative estimate of drug-likeness (QED) is 0.916. The Balaban J connectivity index is 2.27. The van der Waals surface area contributed by atoms with Crippen molar-refractivity contribution in [2.24, 2.45) is 0 Å². The lowest BCUT2D eigenvalue weighted by atomic mass is 10.2. The maximum Gasteiger partial charge on any atom is 0.269 e. The summed E-state index contributed by atoms with van der Waals surface area (Å²) in [5.74, 6) is -0.334. The molecule has 0 spiro atoms. The summed E-state index contributed by atoms with van der Waals surface area (Å²) in [5.41, 5.74) is 1.38. The van der Waals surface area contributed by atoms with Crippen molar-refractivity contribution in [1.29, 1.82) is 5.26 Å². The Labute approximate surface area is 112 Å². The Hall–Kier alpha value is -1.97. The number of rotatable bonds is 2. The molecule has 0 aliphatic rings. The van der Waals surface area contributed by atoms with Gasteiger partial charge in [-0.15, -0.1) is 5.10 Å². The molecule has 0 radical (unpaired) electrons. The number of hydrogen-bond acceptors (Lipinski definition) is 5. The molecule has 0 aliphatic carbocycles. The van der Waals surface area contributed by atoms with Crippen molar-refractivity contribution in [3.63, 3.8) is 0 Å². The molecular weight excluding hydrogens is 272 g/mol. The zero-order valence-electron chi connectivity index (χ0n) is 9.27. The Morgan fingerprint density at radius 2 is 2.33 bits per heavy atom. The summed E-state index contributed by atoms with van der Waals surface area (Å²) < 4.78 is 3.69. The van der Waals surface area contributed by atoms with Crippen LogP contribution in [0.4, 0.5) is 5.69 Å². The maximum absolute atomic E-state index is 11.9. The third-order valence-electron chi connectivity index (χ3n) is 2.20. The van der Waals surface area contributed by atoms with Gasteiger partial charge in [0.1, 0.15) is 4.88 Å². The molecule has 1 aromatic carbocycles. The molecule has 0 bridgehead atoms. The number of amides is 1. The molecule has 0 unspecified atom stereocenters. The minimum atomic E-state index is -0.334. The molecule has 1 amide bonds. The summed E-state index contributed by atoms with van der Waals surface area (Å²) >= 11 is 6.96. The van der Waals surface area contributed by atoms with E-state index in [0.717, 1.165) is 11.5 Å². The van der Waals surface area contributed by atoms with E-state index in [1.807, 2.05) is 6.07 Å². The molecule has 0 saturated heterocycles. The number of halogens is 1. The van der Waals surface area contributed by atoms with E-state index >= 15 is 0 Å². The van der Waals surface area contributed by atoms with Crippen LogP contribution in [0.5, 0.6) is 0 Å². The first-order chi connectivity index (χ1) is 8.61. The number of anilines is 1. The van der Waals surface area contributed by atoms with Gasteiger partial charge < -0.3 is 5.32 Å². The standard InChI is InChI=1S/C11H7ClN4OS/c1-6-10(18-16-15-6)11(17)14-9-4-7(5-13)2-3-8(9)12/h2-4H,1H3,(H,14,17). The summed E-state index contributed by atoms with van der Waals surface area (Å²) in [5, 5.41) is 15.6. The number of benzene rings is 1. The first-order valence-corrected chi connectivity index (χ1v) is 6.07. The molecule has 18 heavy (non-hydrogen) atoms. The Kier molecular flexibility index (Phi) is 3.55. The van der Waals surface area contributed by atoms with E-state index < -0.39 is 0 Å². The Morgan fingerprint density at radius 3 is 2.94 bits per heavy atom. The minimum absolute atomic E-state index is 0.334. The topological polar surface area (TPSA) is 78.7 Å². The van der Waals surface area contributed by atoms with Gasteiger partial charge in [0.25, 0.3) is 5.91 Å². The first-order valence-electron chi connectivity index (χ1n) is 4.92. The van der Waals surface area contributed by atoms with Gasteiger partial charge in [0.2, 0.25) is 0 Å². The molecule has 1 heterocycles. The van der Waals surface area contributed by atoms with Crippen LogP contribution in [-0.2, 0) is 0 Å². The minimum Gasteiger partial charge on any atom is -0.320 e. The summed E-state index contributed by atoms with van der Waals surface area (Å²) in [7, 11) is 0. The van der Waals surface area contributed by atoms with Crippen LogP contribution < -0.4 is 5.32 Å². The van der Waals surface area contributed by atoms with Gasteiger partial charge in [-0.2, -0.15) is 5.26 Å². The molecule has 5 nitrogen and oxygen atoms in total. The Bertz CT molecular complexity index is 647. The molecule has 2 aromatic rings. The maximum atomic E-state index is 11.9. The highest BCUT2D eigenvalue weighted by Gasteiger charge is 2.14. The highest BCUT2D eigenvalue weighted by Crippen LogP contribution is 2.24. The van der Waals surface area contributed by atoms with Crippen molar-refractivity contribution in [1.82, 2.24) is 9.59 Å². The molecule has 0 aliphatic heterocycles. The van der Waals surface area contributed by atoms with Crippen LogP contribution in [0.2, 0.25) is 5.02 Å². The predicted octanol–water partition coefficient (Wildman–Crippen LogP) is 2.62. The van der Waals surface area contributed by atoms with E-state index in [9.17, 15) is 4.79 Å². The number of nitriles is 1. The van der Waals surface area contributed by atoms with Gasteiger partial charge in [-0.05, 0) is 36.7 Å². The van der Waals surface area contributed by atoms with Crippen LogP contribution in [0, 0.1) is 18.3 Å². The average Bonchev–Trinajstić information content (AvgIpc) is 2.78. The van der Waals surface area contributed by atoms with Crippen LogP contribution >= 0.6 is 23.1 Å². The van der Waals surface area contributed by atoms with Crippen molar-refractivity contribution in [3.05, 3.63) is 39.4 Å². The van der Waals surface area contributed by atoms with Gasteiger partial charge in [0.15, 0.2) is 0 Å². The summed E-state index contributed by atoms with van der Waals surface area (Å²) in [4.78, 5) is 12.4. The number of nitrogens with one attached hydrogen (secondary N) is 1. The number of carbonyl (C=O) groups is 1. The van der Waals surface area contributed by atoms with Gasteiger partial charge in [-0.3, -0.25) is 4.79 Å². The number of carbonyl (C=O) groups excluding carboxylic acids is 1. The smallest absolute Gasteiger partial charge is 0.269 e. The molecule has 7 heteroatoms. The molecule has 0 saturated carbocycles.